The second kappa shape index (κ2) is 4.91. The molecular formula is C13H26O2Si. The van der Waals surface area contributed by atoms with Crippen molar-refractivity contribution >= 4 is 8.32 Å². The molecule has 0 saturated carbocycles. The minimum Gasteiger partial charge on any atom is -0.415 e. The van der Waals surface area contributed by atoms with Crippen LogP contribution in [0.5, 0.6) is 0 Å². The van der Waals surface area contributed by atoms with Gasteiger partial charge in [0, 0.05) is 0 Å². The van der Waals surface area contributed by atoms with Crippen LogP contribution in [0.4, 0.5) is 0 Å². The summed E-state index contributed by atoms with van der Waals surface area (Å²) in [5.74, 6) is 2.65. The lowest BCUT2D eigenvalue weighted by molar-refractivity contribution is 0.0512. The van der Waals surface area contributed by atoms with Crippen LogP contribution in [0.3, 0.4) is 0 Å². The van der Waals surface area contributed by atoms with Gasteiger partial charge in [0.1, 0.15) is 0 Å². The molecule has 2 nitrogen and oxygen atoms in total. The fourth-order valence-corrected chi connectivity index (χ4v) is 1.92. The maximum atomic E-state index is 9.66. The van der Waals surface area contributed by atoms with Gasteiger partial charge in [-0.3, -0.25) is 0 Å². The second-order valence-electron chi connectivity index (χ2n) is 6.29. The van der Waals surface area contributed by atoms with Crippen molar-refractivity contribution in [3.8, 4) is 12.3 Å². The van der Waals surface area contributed by atoms with Gasteiger partial charge in [-0.1, -0.05) is 26.7 Å². The largest absolute Gasteiger partial charge is 0.415 e. The van der Waals surface area contributed by atoms with Gasteiger partial charge in [-0.25, -0.2) is 0 Å². The first-order valence-corrected chi connectivity index (χ1v) is 8.67. The lowest BCUT2D eigenvalue weighted by atomic mass is 9.87. The lowest BCUT2D eigenvalue weighted by Crippen LogP contribution is -2.45. The van der Waals surface area contributed by atoms with Gasteiger partial charge >= 0.3 is 0 Å². The Bertz CT molecular complexity index is 271. The van der Waals surface area contributed by atoms with Crippen molar-refractivity contribution in [3.05, 3.63) is 0 Å². The van der Waals surface area contributed by atoms with Crippen LogP contribution in [0, 0.1) is 17.8 Å². The second-order valence-corrected chi connectivity index (χ2v) is 11.1. The Morgan fingerprint density at radius 2 is 1.75 bits per heavy atom. The van der Waals surface area contributed by atoms with Gasteiger partial charge in [0.05, 0.1) is 18.1 Å². The minimum atomic E-state index is -1.78. The fourth-order valence-electron chi connectivity index (χ4n) is 0.830. The number of aliphatic hydroxyl groups excluding tert-OH is 1. The average molecular weight is 242 g/mol. The Morgan fingerprint density at radius 3 is 2.00 bits per heavy atom. The number of aliphatic hydroxyl groups is 1. The molecule has 0 aliphatic rings. The summed E-state index contributed by atoms with van der Waals surface area (Å²) in [6, 6.07) is 0. The Kier molecular flexibility index (Phi) is 4.82. The molecule has 2 atom stereocenters. The van der Waals surface area contributed by atoms with E-state index >= 15 is 0 Å². The van der Waals surface area contributed by atoms with Crippen molar-refractivity contribution in [1.82, 2.24) is 0 Å². The van der Waals surface area contributed by atoms with Crippen LogP contribution in [-0.2, 0) is 4.43 Å². The smallest absolute Gasteiger partial charge is 0.192 e. The highest BCUT2D eigenvalue weighted by Crippen LogP contribution is 2.37. The molecule has 0 aromatic carbocycles. The van der Waals surface area contributed by atoms with Crippen LogP contribution in [-0.4, -0.2) is 26.1 Å². The number of rotatable bonds is 4. The first-order valence-electron chi connectivity index (χ1n) is 5.76. The highest BCUT2D eigenvalue weighted by Gasteiger charge is 2.39. The summed E-state index contributed by atoms with van der Waals surface area (Å²) in [6.07, 6.45) is 4.92. The zero-order valence-corrected chi connectivity index (χ0v) is 12.7. The Hall–Kier alpha value is -0.303. The molecule has 0 bridgehead atoms. The molecule has 0 saturated heterocycles. The molecule has 0 aliphatic carbocycles. The van der Waals surface area contributed by atoms with Crippen molar-refractivity contribution in [2.75, 3.05) is 6.61 Å². The third kappa shape index (κ3) is 3.62. The summed E-state index contributed by atoms with van der Waals surface area (Å²) in [4.78, 5) is 0. The predicted octanol–water partition coefficient (Wildman–Crippen LogP) is 3.03. The van der Waals surface area contributed by atoms with E-state index in [1.807, 2.05) is 6.92 Å². The summed E-state index contributed by atoms with van der Waals surface area (Å²) in [6.45, 7) is 15.0. The number of hydrogen-bond donors (Lipinski definition) is 1. The van der Waals surface area contributed by atoms with Crippen molar-refractivity contribution in [1.29, 1.82) is 0 Å². The molecular weight excluding hydrogens is 216 g/mol. The average Bonchev–Trinajstić information content (AvgIpc) is 2.12. The standard InChI is InChI=1S/C13H26O2Si/c1-9-13(6,11(2)14)10-15-16(7,8)12(3,4)5/h1,11,14H,10H2,2-8H3/t11-,13+/m1/s1. The summed E-state index contributed by atoms with van der Waals surface area (Å²) in [5.41, 5.74) is -0.588. The van der Waals surface area contributed by atoms with E-state index in [1.165, 1.54) is 0 Å². The van der Waals surface area contributed by atoms with Gasteiger partial charge in [0.25, 0.3) is 0 Å². The highest BCUT2D eigenvalue weighted by molar-refractivity contribution is 6.74. The van der Waals surface area contributed by atoms with Gasteiger partial charge in [0.2, 0.25) is 0 Å². The van der Waals surface area contributed by atoms with Crippen molar-refractivity contribution in [2.45, 2.75) is 58.9 Å². The molecule has 0 spiro atoms. The van der Waals surface area contributed by atoms with E-state index in [2.05, 4.69) is 39.8 Å². The van der Waals surface area contributed by atoms with E-state index in [0.717, 1.165) is 0 Å². The normalized spacial score (nSPS) is 18.7. The number of terminal acetylenes is 1. The molecule has 0 rings (SSSR count). The van der Waals surface area contributed by atoms with E-state index in [-0.39, 0.29) is 5.04 Å². The van der Waals surface area contributed by atoms with E-state index in [4.69, 9.17) is 10.8 Å². The van der Waals surface area contributed by atoms with E-state index in [9.17, 15) is 5.11 Å². The maximum Gasteiger partial charge on any atom is 0.192 e. The fraction of sp³-hybridized carbons (Fsp3) is 0.846. The molecule has 0 amide bonds. The Morgan fingerprint density at radius 1 is 1.31 bits per heavy atom. The SMILES string of the molecule is C#C[C@@](C)(CO[Si](C)(C)C(C)(C)C)[C@@H](C)O. The van der Waals surface area contributed by atoms with Gasteiger partial charge in [-0.05, 0) is 32.0 Å². The van der Waals surface area contributed by atoms with E-state index in [1.54, 1.807) is 6.92 Å². The topological polar surface area (TPSA) is 29.5 Å². The van der Waals surface area contributed by atoms with Crippen LogP contribution in [0.15, 0.2) is 0 Å². The summed E-state index contributed by atoms with van der Waals surface area (Å²) >= 11 is 0. The molecule has 0 radical (unpaired) electrons. The molecule has 0 heterocycles. The molecule has 0 fully saturated rings. The van der Waals surface area contributed by atoms with Crippen LogP contribution in [0.1, 0.15) is 34.6 Å². The predicted molar refractivity (Wildman–Crippen MR) is 71.8 cm³/mol. The molecule has 0 aliphatic heterocycles. The molecule has 0 aromatic heterocycles. The third-order valence-electron chi connectivity index (χ3n) is 3.79. The summed E-state index contributed by atoms with van der Waals surface area (Å²) in [7, 11) is -1.78. The first-order chi connectivity index (χ1) is 6.96. The van der Waals surface area contributed by atoms with Crippen LogP contribution in [0.2, 0.25) is 18.1 Å². The molecule has 0 aromatic rings. The number of hydrogen-bond acceptors (Lipinski definition) is 2. The van der Waals surface area contributed by atoms with Crippen LogP contribution >= 0.6 is 0 Å². The molecule has 1 N–H and O–H groups in total. The van der Waals surface area contributed by atoms with Crippen molar-refractivity contribution in [2.24, 2.45) is 5.41 Å². The highest BCUT2D eigenvalue weighted by atomic mass is 28.4. The maximum absolute atomic E-state index is 9.66. The minimum absolute atomic E-state index is 0.168. The Labute approximate surface area is 102 Å². The monoisotopic (exact) mass is 242 g/mol. The van der Waals surface area contributed by atoms with E-state index < -0.39 is 19.8 Å². The van der Waals surface area contributed by atoms with Crippen LogP contribution < -0.4 is 0 Å². The quantitative estimate of drug-likeness (QED) is 0.606. The van der Waals surface area contributed by atoms with Crippen LogP contribution in [0.25, 0.3) is 0 Å². The molecule has 0 unspecified atom stereocenters. The summed E-state index contributed by atoms with van der Waals surface area (Å²) < 4.78 is 6.05. The third-order valence-corrected chi connectivity index (χ3v) is 8.27. The van der Waals surface area contributed by atoms with Gasteiger partial charge < -0.3 is 9.53 Å². The van der Waals surface area contributed by atoms with Gasteiger partial charge in [0.15, 0.2) is 8.32 Å². The van der Waals surface area contributed by atoms with Gasteiger partial charge in [-0.15, -0.1) is 6.42 Å². The lowest BCUT2D eigenvalue weighted by Gasteiger charge is -2.39. The van der Waals surface area contributed by atoms with Crippen molar-refractivity contribution < 1.29 is 9.53 Å². The molecule has 16 heavy (non-hydrogen) atoms. The van der Waals surface area contributed by atoms with Gasteiger partial charge in [-0.2, -0.15) is 0 Å². The Balaban J connectivity index is 4.64. The zero-order valence-electron chi connectivity index (χ0n) is 11.7. The van der Waals surface area contributed by atoms with Crippen molar-refractivity contribution in [3.63, 3.8) is 0 Å². The first kappa shape index (κ1) is 15.7. The summed E-state index contributed by atoms with van der Waals surface area (Å²) in [5, 5.41) is 9.83. The molecule has 3 heteroatoms. The zero-order chi connectivity index (χ0) is 13.2. The molecule has 94 valence electrons. The van der Waals surface area contributed by atoms with E-state index in [0.29, 0.717) is 6.61 Å².